The molecular formula is C52H49Br2ClN16O9. The van der Waals surface area contributed by atoms with Crippen LogP contribution in [0.4, 0.5) is 11.6 Å². The van der Waals surface area contributed by atoms with Crippen molar-refractivity contribution in [3.63, 3.8) is 0 Å². The number of aliphatic carboxylic acids is 1. The minimum Gasteiger partial charge on any atom is -0.480 e. The number of halogens is 3. The molecule has 0 unspecified atom stereocenters. The lowest BCUT2D eigenvalue weighted by molar-refractivity contribution is -0.138. The fourth-order valence-electron chi connectivity index (χ4n) is 9.42. The van der Waals surface area contributed by atoms with Crippen LogP contribution in [0.2, 0.25) is 0 Å². The summed E-state index contributed by atoms with van der Waals surface area (Å²) in [6.07, 6.45) is 16.3. The first kappa shape index (κ1) is 56.5. The number of amides is 3. The van der Waals surface area contributed by atoms with Gasteiger partial charge in [-0.3, -0.25) is 48.1 Å². The number of nitrogens with one attached hydrogen (secondary N) is 3. The van der Waals surface area contributed by atoms with Gasteiger partial charge >= 0.3 is 18.0 Å². The predicted molar refractivity (Wildman–Crippen MR) is 295 cm³/mol. The molecular weight excluding hydrogens is 1190 g/mol. The molecule has 4 fully saturated rings. The van der Waals surface area contributed by atoms with Crippen LogP contribution in [0.5, 0.6) is 23.5 Å². The monoisotopic (exact) mass is 1230 g/mol. The second kappa shape index (κ2) is 24.0. The van der Waals surface area contributed by atoms with E-state index in [4.69, 9.17) is 14.6 Å². The van der Waals surface area contributed by atoms with Gasteiger partial charge in [0, 0.05) is 61.5 Å². The lowest BCUT2D eigenvalue weighted by Gasteiger charge is -2.26. The van der Waals surface area contributed by atoms with Gasteiger partial charge in [0.25, 0.3) is 0 Å². The summed E-state index contributed by atoms with van der Waals surface area (Å²) in [6.45, 7) is 6.10. The molecule has 412 valence electrons. The maximum Gasteiger partial charge on any atom is 0.325 e. The third-order valence-corrected chi connectivity index (χ3v) is 14.0. The van der Waals surface area contributed by atoms with Crippen molar-refractivity contribution in [2.45, 2.75) is 90.6 Å². The van der Waals surface area contributed by atoms with Crippen molar-refractivity contribution < 1.29 is 43.3 Å². The molecule has 2 saturated heterocycles. The third kappa shape index (κ3) is 13.2. The maximum atomic E-state index is 13.6. The van der Waals surface area contributed by atoms with E-state index in [2.05, 4.69) is 97.9 Å². The molecule has 25 nitrogen and oxygen atoms in total. The molecule has 2 aromatic carbocycles. The van der Waals surface area contributed by atoms with Crippen LogP contribution < -0.4 is 25.4 Å². The van der Waals surface area contributed by atoms with Gasteiger partial charge in [0.2, 0.25) is 17.7 Å². The topological polar surface area (TPSA) is 319 Å². The number of hydrogen-bond acceptors (Lipinski definition) is 19. The van der Waals surface area contributed by atoms with E-state index in [0.717, 1.165) is 24.0 Å². The first-order chi connectivity index (χ1) is 37.9. The molecule has 8 heterocycles. The highest BCUT2D eigenvalue weighted by Gasteiger charge is 2.56. The molecule has 4 N–H and O–H groups in total. The summed E-state index contributed by atoms with van der Waals surface area (Å²) in [5, 5.41) is 27.4. The van der Waals surface area contributed by atoms with Crippen LogP contribution in [0.15, 0.2) is 95.2 Å². The number of ether oxygens (including phenoxy) is 2. The number of carbonyl (C=O) groups excluding carboxylic acids is 5. The molecule has 3 amide bonds. The standard InChI is InChI=1S/C26H23BrN8O4.C16H14N4O4.C10H11BrN4O.ClH/c1-13-8-29-26(30-9-13)39-16-3-4-18-17(7-16)24(14(2)36)33-34(18)12-23(37)35-19-5-15(19)6-20(35)25(38)32-22-11-28-10-21(27)31-22;1-9-6-17-16(18-7-9)24-11-3-4-13-12(5-11)15(10(2)21)19-20(13)8-14(22)23;11-8-3-12-4-9(14-8)15-10(16)7-2-5-1-6(5)13-7;/h3-4,7-11,15,19-20H,5-6,12H2,1-2H3,(H,31,32,38);3-7H,8H2,1-2H3,(H,22,23);3-7,13H,1-2H2,(H,14,15,16);1H/t15-,19-,20+;;5-,6-,7+;/m1.1./s1. The molecule has 80 heavy (non-hydrogen) atoms. The van der Waals surface area contributed by atoms with Crippen molar-refractivity contribution in [3.05, 3.63) is 118 Å². The number of hydrogen-bond donors (Lipinski definition) is 4. The Morgan fingerprint density at radius 1 is 0.650 bits per heavy atom. The zero-order valence-electron chi connectivity index (χ0n) is 43.0. The Balaban J connectivity index is 0.000000160. The Bertz CT molecular complexity index is 3690. The van der Waals surface area contributed by atoms with Crippen molar-refractivity contribution >= 4 is 113 Å². The van der Waals surface area contributed by atoms with Gasteiger partial charge in [-0.05, 0) is 131 Å². The number of likely N-dealkylation sites (tertiary alicyclic amines) is 1. The number of aryl methyl sites for hydroxylation is 2. The quantitative estimate of drug-likeness (QED) is 0.0807. The molecule has 0 spiro atoms. The number of carbonyl (C=O) groups is 6. The van der Waals surface area contributed by atoms with Crippen molar-refractivity contribution in [2.75, 3.05) is 10.6 Å². The van der Waals surface area contributed by atoms with Gasteiger partial charge in [0.1, 0.15) is 51.2 Å². The van der Waals surface area contributed by atoms with Gasteiger partial charge in [0.05, 0.1) is 41.9 Å². The molecule has 0 bridgehead atoms. The number of Topliss-reactive ketones (excluding diaryl/α,β-unsaturated/α-hetero) is 2. The number of aromatic nitrogens is 12. The molecule has 6 aromatic heterocycles. The van der Waals surface area contributed by atoms with Crippen molar-refractivity contribution in [1.82, 2.24) is 69.6 Å². The fraction of sp³-hybridized carbons (Fsp3) is 0.308. The number of carboxylic acids is 1. The Hall–Kier alpha value is -8.27. The lowest BCUT2D eigenvalue weighted by atomic mass is 10.1. The van der Waals surface area contributed by atoms with Gasteiger partial charge in [0.15, 0.2) is 23.2 Å². The average Bonchev–Trinajstić information content (AvgIpc) is 4.27. The Labute approximate surface area is 477 Å². The van der Waals surface area contributed by atoms with E-state index >= 15 is 0 Å². The number of carboxylic acid groups (broad SMARTS) is 1. The molecule has 2 aliphatic heterocycles. The smallest absolute Gasteiger partial charge is 0.325 e. The van der Waals surface area contributed by atoms with Crippen LogP contribution in [0.25, 0.3) is 21.8 Å². The fourth-order valence-corrected chi connectivity index (χ4v) is 10.0. The highest BCUT2D eigenvalue weighted by atomic mass is 79.9. The molecule has 0 radical (unpaired) electrons. The summed E-state index contributed by atoms with van der Waals surface area (Å²) in [5.41, 5.74) is 3.37. The van der Waals surface area contributed by atoms with E-state index in [0.29, 0.717) is 78.4 Å². The summed E-state index contributed by atoms with van der Waals surface area (Å²) in [5.74, 6) is 0.569. The van der Waals surface area contributed by atoms with Crippen LogP contribution in [0, 0.1) is 25.7 Å². The lowest BCUT2D eigenvalue weighted by Crippen LogP contribution is -2.46. The molecule has 6 atom stereocenters. The number of anilines is 2. The van der Waals surface area contributed by atoms with Gasteiger partial charge in [-0.2, -0.15) is 10.2 Å². The molecule has 12 rings (SSSR count). The minimum absolute atomic E-state index is 0. The highest BCUT2D eigenvalue weighted by molar-refractivity contribution is 9.10. The number of benzene rings is 2. The van der Waals surface area contributed by atoms with Gasteiger partial charge in [-0.1, -0.05) is 0 Å². The van der Waals surface area contributed by atoms with Crippen LogP contribution in [0.3, 0.4) is 0 Å². The summed E-state index contributed by atoms with van der Waals surface area (Å²) in [7, 11) is 0. The number of fused-ring (bicyclic) bond motifs is 4. The number of nitrogens with zero attached hydrogens (tertiary/aromatic N) is 13. The van der Waals surface area contributed by atoms with E-state index in [9.17, 15) is 28.8 Å². The Morgan fingerprint density at radius 3 is 1.61 bits per heavy atom. The normalized spacial score (nSPS) is 18.9. The van der Waals surface area contributed by atoms with Crippen molar-refractivity contribution in [2.24, 2.45) is 11.8 Å². The third-order valence-electron chi connectivity index (χ3n) is 13.2. The van der Waals surface area contributed by atoms with Crippen molar-refractivity contribution in [3.8, 4) is 23.5 Å². The van der Waals surface area contributed by atoms with Crippen LogP contribution in [-0.4, -0.2) is 129 Å². The Morgan fingerprint density at radius 2 is 1.15 bits per heavy atom. The highest BCUT2D eigenvalue weighted by Crippen LogP contribution is 2.48. The van der Waals surface area contributed by atoms with Gasteiger partial charge in [-0.15, -0.1) is 12.4 Å². The minimum atomic E-state index is -1.04. The summed E-state index contributed by atoms with van der Waals surface area (Å²) in [6, 6.07) is 10.3. The molecule has 4 aliphatic rings. The molecule has 28 heteroatoms. The van der Waals surface area contributed by atoms with Crippen LogP contribution >= 0.6 is 44.3 Å². The first-order valence-electron chi connectivity index (χ1n) is 24.7. The summed E-state index contributed by atoms with van der Waals surface area (Å²) in [4.78, 5) is 108. The maximum absolute atomic E-state index is 13.6. The molecule has 2 saturated carbocycles. The average molecular weight is 1240 g/mol. The van der Waals surface area contributed by atoms with Crippen LogP contribution in [0.1, 0.15) is 71.6 Å². The van der Waals surface area contributed by atoms with E-state index in [-0.39, 0.29) is 90.3 Å². The van der Waals surface area contributed by atoms with E-state index < -0.39 is 12.0 Å². The molecule has 2 aliphatic carbocycles. The second-order valence-corrected chi connectivity index (χ2v) is 20.9. The zero-order chi connectivity index (χ0) is 55.6. The summed E-state index contributed by atoms with van der Waals surface area (Å²) >= 11 is 6.45. The Kier molecular flexibility index (Phi) is 16.9. The van der Waals surface area contributed by atoms with Gasteiger partial charge < -0.3 is 35.4 Å². The number of piperidine rings is 2. The van der Waals surface area contributed by atoms with E-state index in [1.807, 2.05) is 13.8 Å². The number of rotatable bonds is 14. The molecule has 8 aromatic rings. The summed E-state index contributed by atoms with van der Waals surface area (Å²) < 4.78 is 15.2. The first-order valence-corrected chi connectivity index (χ1v) is 26.3. The van der Waals surface area contributed by atoms with Crippen molar-refractivity contribution in [1.29, 1.82) is 0 Å². The largest absolute Gasteiger partial charge is 0.480 e. The van der Waals surface area contributed by atoms with Crippen LogP contribution in [-0.2, 0) is 32.3 Å². The van der Waals surface area contributed by atoms with E-state index in [1.54, 1.807) is 78.5 Å². The van der Waals surface area contributed by atoms with E-state index in [1.165, 1.54) is 42.0 Å². The predicted octanol–water partition coefficient (Wildman–Crippen LogP) is 6.87. The number of ketones is 2. The van der Waals surface area contributed by atoms with Gasteiger partial charge in [-0.25, -0.2) is 29.9 Å². The second-order valence-electron chi connectivity index (χ2n) is 19.3. The zero-order valence-corrected chi connectivity index (χ0v) is 47.0. The SMILES string of the molecule is CC(=O)c1nn(CC(=O)N2[C@@H]3C[C@@H]3C[C@H]2C(=O)Nc2cncc(Br)n2)c2ccc(Oc3ncc(C)cn3)cc12.CC(=O)c1nn(CC(=O)O)c2ccc(Oc3ncc(C)cn3)cc12.Cl.O=C(Nc1cncc(Br)n1)[C@@H]1C[C@H]2C[C@H]2N1.